The standard InChI is InChI=1S/C17H25N3O5S/c1-24-14-3-4-16(25-2)15(11-14)18-17(21)20-8-6-19(7-9-20)13-5-10-26(22,23)12-13/h3-4,11,13H,5-10,12H2,1-2H3,(H,18,21). The van der Waals surface area contributed by atoms with Crippen molar-refractivity contribution in [1.82, 2.24) is 9.80 Å². The smallest absolute Gasteiger partial charge is 0.322 e. The Morgan fingerprint density at radius 2 is 1.88 bits per heavy atom. The Hall–Kier alpha value is -2.00. The van der Waals surface area contributed by atoms with Crippen molar-refractivity contribution < 1.29 is 22.7 Å². The molecular formula is C17H25N3O5S. The van der Waals surface area contributed by atoms with E-state index in [2.05, 4.69) is 10.2 Å². The Kier molecular flexibility index (Phi) is 5.57. The lowest BCUT2D eigenvalue weighted by Gasteiger charge is -2.37. The van der Waals surface area contributed by atoms with E-state index in [0.717, 1.165) is 0 Å². The molecule has 0 saturated carbocycles. The second kappa shape index (κ2) is 7.71. The van der Waals surface area contributed by atoms with E-state index in [0.29, 0.717) is 49.8 Å². The number of urea groups is 1. The zero-order valence-corrected chi connectivity index (χ0v) is 15.9. The molecule has 2 heterocycles. The first-order valence-corrected chi connectivity index (χ1v) is 10.5. The summed E-state index contributed by atoms with van der Waals surface area (Å²) >= 11 is 0. The molecule has 2 aliphatic heterocycles. The number of carbonyl (C=O) groups is 1. The molecule has 2 aliphatic rings. The van der Waals surface area contributed by atoms with Crippen molar-refractivity contribution in [1.29, 1.82) is 0 Å². The molecule has 1 N–H and O–H groups in total. The third-order valence-electron chi connectivity index (χ3n) is 4.97. The second-order valence-corrected chi connectivity index (χ2v) is 8.80. The summed E-state index contributed by atoms with van der Waals surface area (Å²) in [6.45, 7) is 2.50. The second-order valence-electron chi connectivity index (χ2n) is 6.58. The van der Waals surface area contributed by atoms with Crippen LogP contribution >= 0.6 is 0 Å². The molecule has 1 atom stereocenters. The number of benzene rings is 1. The van der Waals surface area contributed by atoms with Crippen LogP contribution in [0.2, 0.25) is 0 Å². The van der Waals surface area contributed by atoms with E-state index >= 15 is 0 Å². The fraction of sp³-hybridized carbons (Fsp3) is 0.588. The van der Waals surface area contributed by atoms with Crippen LogP contribution in [-0.4, -0.2) is 82.2 Å². The fourth-order valence-corrected chi connectivity index (χ4v) is 5.22. The highest BCUT2D eigenvalue weighted by Crippen LogP contribution is 2.29. The molecule has 2 fully saturated rings. The van der Waals surface area contributed by atoms with Crippen molar-refractivity contribution in [3.63, 3.8) is 0 Å². The number of ether oxygens (including phenoxy) is 2. The monoisotopic (exact) mass is 383 g/mol. The Bertz CT molecular complexity index is 760. The Morgan fingerprint density at radius 3 is 2.46 bits per heavy atom. The minimum atomic E-state index is -2.89. The molecule has 8 nitrogen and oxygen atoms in total. The maximum absolute atomic E-state index is 12.6. The highest BCUT2D eigenvalue weighted by atomic mass is 32.2. The van der Waals surface area contributed by atoms with E-state index < -0.39 is 9.84 Å². The van der Waals surface area contributed by atoms with Crippen LogP contribution in [0.4, 0.5) is 10.5 Å². The maximum atomic E-state index is 12.6. The number of nitrogens with zero attached hydrogens (tertiary/aromatic N) is 2. The van der Waals surface area contributed by atoms with Crippen molar-refractivity contribution in [2.24, 2.45) is 0 Å². The van der Waals surface area contributed by atoms with Gasteiger partial charge < -0.3 is 19.7 Å². The van der Waals surface area contributed by atoms with Gasteiger partial charge in [0.25, 0.3) is 0 Å². The van der Waals surface area contributed by atoms with Gasteiger partial charge >= 0.3 is 6.03 Å². The van der Waals surface area contributed by atoms with Gasteiger partial charge in [-0.1, -0.05) is 0 Å². The lowest BCUT2D eigenvalue weighted by molar-refractivity contribution is 0.121. The third kappa shape index (κ3) is 4.21. The number of hydrogen-bond acceptors (Lipinski definition) is 6. The lowest BCUT2D eigenvalue weighted by Crippen LogP contribution is -2.53. The number of amides is 2. The van der Waals surface area contributed by atoms with Crippen LogP contribution in [-0.2, 0) is 9.84 Å². The van der Waals surface area contributed by atoms with Crippen LogP contribution in [0.15, 0.2) is 18.2 Å². The number of nitrogens with one attached hydrogen (secondary N) is 1. The van der Waals surface area contributed by atoms with Crippen LogP contribution < -0.4 is 14.8 Å². The zero-order chi connectivity index (χ0) is 18.7. The first-order chi connectivity index (χ1) is 12.4. The van der Waals surface area contributed by atoms with E-state index in [4.69, 9.17) is 9.47 Å². The van der Waals surface area contributed by atoms with Gasteiger partial charge in [0.05, 0.1) is 31.4 Å². The summed E-state index contributed by atoms with van der Waals surface area (Å²) in [4.78, 5) is 16.5. The molecule has 1 aromatic carbocycles. The van der Waals surface area contributed by atoms with E-state index in [1.807, 2.05) is 0 Å². The molecule has 3 rings (SSSR count). The Labute approximate surface area is 154 Å². The first-order valence-electron chi connectivity index (χ1n) is 8.64. The number of methoxy groups -OCH3 is 2. The summed E-state index contributed by atoms with van der Waals surface area (Å²) in [5, 5.41) is 2.87. The molecule has 9 heteroatoms. The van der Waals surface area contributed by atoms with Gasteiger partial charge in [-0.25, -0.2) is 13.2 Å². The molecule has 0 bridgehead atoms. The molecule has 0 aliphatic carbocycles. The van der Waals surface area contributed by atoms with Gasteiger partial charge in [-0.3, -0.25) is 4.90 Å². The van der Waals surface area contributed by atoms with Crippen LogP contribution in [0.1, 0.15) is 6.42 Å². The number of sulfone groups is 1. The lowest BCUT2D eigenvalue weighted by atomic mass is 10.2. The Morgan fingerprint density at radius 1 is 1.15 bits per heavy atom. The largest absolute Gasteiger partial charge is 0.497 e. The van der Waals surface area contributed by atoms with E-state index in [1.54, 1.807) is 37.3 Å². The van der Waals surface area contributed by atoms with Crippen molar-refractivity contribution in [2.75, 3.05) is 57.2 Å². The molecule has 0 spiro atoms. The number of carbonyl (C=O) groups excluding carboxylic acids is 1. The number of piperazine rings is 1. The molecule has 1 unspecified atom stereocenters. The molecule has 0 aromatic heterocycles. The first kappa shape index (κ1) is 18.8. The van der Waals surface area contributed by atoms with Crippen LogP contribution in [0.25, 0.3) is 0 Å². The van der Waals surface area contributed by atoms with Gasteiger partial charge in [0.1, 0.15) is 11.5 Å². The van der Waals surface area contributed by atoms with Gasteiger partial charge in [0.15, 0.2) is 9.84 Å². The summed E-state index contributed by atoms with van der Waals surface area (Å²) < 4.78 is 33.8. The summed E-state index contributed by atoms with van der Waals surface area (Å²) in [6, 6.07) is 5.12. The van der Waals surface area contributed by atoms with E-state index in [-0.39, 0.29) is 23.6 Å². The molecule has 26 heavy (non-hydrogen) atoms. The van der Waals surface area contributed by atoms with Crippen molar-refractivity contribution in [3.8, 4) is 11.5 Å². The molecule has 2 amide bonds. The number of anilines is 1. The van der Waals surface area contributed by atoms with Crippen molar-refractivity contribution in [3.05, 3.63) is 18.2 Å². The van der Waals surface area contributed by atoms with Crippen molar-refractivity contribution >= 4 is 21.6 Å². The van der Waals surface area contributed by atoms with E-state index in [9.17, 15) is 13.2 Å². The van der Waals surface area contributed by atoms with Crippen LogP contribution in [0.5, 0.6) is 11.5 Å². The summed E-state index contributed by atoms with van der Waals surface area (Å²) in [5.74, 6) is 1.70. The van der Waals surface area contributed by atoms with Crippen LogP contribution in [0.3, 0.4) is 0 Å². The van der Waals surface area contributed by atoms with E-state index in [1.165, 1.54) is 0 Å². The normalized spacial score (nSPS) is 22.8. The molecule has 1 aromatic rings. The predicted molar refractivity (Wildman–Crippen MR) is 98.8 cm³/mol. The van der Waals surface area contributed by atoms with Gasteiger partial charge in [-0.15, -0.1) is 0 Å². The SMILES string of the molecule is COc1ccc(OC)c(NC(=O)N2CCN(C3CCS(=O)(=O)C3)CC2)c1. The minimum absolute atomic E-state index is 0.0867. The summed E-state index contributed by atoms with van der Waals surface area (Å²) in [5.41, 5.74) is 0.557. The summed E-state index contributed by atoms with van der Waals surface area (Å²) in [6.07, 6.45) is 0.690. The molecule has 2 saturated heterocycles. The van der Waals surface area contributed by atoms with Gasteiger partial charge in [0, 0.05) is 38.3 Å². The Balaban J connectivity index is 1.57. The average molecular weight is 383 g/mol. The van der Waals surface area contributed by atoms with Crippen molar-refractivity contribution in [2.45, 2.75) is 12.5 Å². The topological polar surface area (TPSA) is 88.2 Å². The molecule has 144 valence electrons. The fourth-order valence-electron chi connectivity index (χ4n) is 3.46. The van der Waals surface area contributed by atoms with Gasteiger partial charge in [0.2, 0.25) is 0 Å². The average Bonchev–Trinajstić information content (AvgIpc) is 3.01. The zero-order valence-electron chi connectivity index (χ0n) is 15.1. The molecule has 0 radical (unpaired) electrons. The third-order valence-corrected chi connectivity index (χ3v) is 6.72. The van der Waals surface area contributed by atoms with Crippen LogP contribution in [0, 0.1) is 0 Å². The number of hydrogen-bond donors (Lipinski definition) is 1. The highest BCUT2D eigenvalue weighted by molar-refractivity contribution is 7.91. The van der Waals surface area contributed by atoms with Gasteiger partial charge in [-0.05, 0) is 18.6 Å². The molecular weight excluding hydrogens is 358 g/mol. The van der Waals surface area contributed by atoms with Gasteiger partial charge in [-0.2, -0.15) is 0 Å². The predicted octanol–water partition coefficient (Wildman–Crippen LogP) is 1.04. The minimum Gasteiger partial charge on any atom is -0.497 e. The quantitative estimate of drug-likeness (QED) is 0.836. The highest BCUT2D eigenvalue weighted by Gasteiger charge is 2.34. The summed E-state index contributed by atoms with van der Waals surface area (Å²) in [7, 11) is 0.223. The number of rotatable bonds is 4. The maximum Gasteiger partial charge on any atom is 0.322 e.